The highest BCUT2D eigenvalue weighted by molar-refractivity contribution is 5.72. The molecule has 0 atom stereocenters. The summed E-state index contributed by atoms with van der Waals surface area (Å²) < 4.78 is 36.9. The number of hydrogen-bond donors (Lipinski definition) is 2. The zero-order valence-electron chi connectivity index (χ0n) is 7.38. The molecular formula is C8H7F3N2O2. The number of carboxylic acids is 1. The van der Waals surface area contributed by atoms with E-state index in [1.54, 1.807) is 0 Å². The van der Waals surface area contributed by atoms with E-state index in [4.69, 9.17) is 10.8 Å². The van der Waals surface area contributed by atoms with E-state index in [1.807, 2.05) is 0 Å². The smallest absolute Gasteiger partial charge is 0.418 e. The average molecular weight is 220 g/mol. The van der Waals surface area contributed by atoms with Crippen molar-refractivity contribution < 1.29 is 23.1 Å². The van der Waals surface area contributed by atoms with Crippen molar-refractivity contribution in [2.75, 3.05) is 5.73 Å². The highest BCUT2D eigenvalue weighted by atomic mass is 19.4. The van der Waals surface area contributed by atoms with Crippen LogP contribution in [0.5, 0.6) is 0 Å². The predicted molar refractivity (Wildman–Crippen MR) is 45.0 cm³/mol. The van der Waals surface area contributed by atoms with Gasteiger partial charge in [0.25, 0.3) is 0 Å². The van der Waals surface area contributed by atoms with E-state index in [1.165, 1.54) is 0 Å². The Balaban J connectivity index is 3.17. The van der Waals surface area contributed by atoms with E-state index in [0.29, 0.717) is 6.07 Å². The zero-order valence-corrected chi connectivity index (χ0v) is 7.38. The maximum absolute atomic E-state index is 12.3. The number of nitrogens with zero attached hydrogens (tertiary/aromatic N) is 1. The van der Waals surface area contributed by atoms with Gasteiger partial charge in [0.05, 0.1) is 23.4 Å². The first-order chi connectivity index (χ1) is 6.82. The minimum atomic E-state index is -4.60. The van der Waals surface area contributed by atoms with E-state index in [2.05, 4.69) is 4.98 Å². The third-order valence-corrected chi connectivity index (χ3v) is 1.70. The Bertz CT molecular complexity index is 390. The third kappa shape index (κ3) is 2.58. The molecule has 0 aliphatic heterocycles. The normalized spacial score (nSPS) is 11.4. The van der Waals surface area contributed by atoms with Gasteiger partial charge in [0.2, 0.25) is 0 Å². The summed E-state index contributed by atoms with van der Waals surface area (Å²) in [7, 11) is 0. The molecule has 4 nitrogen and oxygen atoms in total. The summed E-state index contributed by atoms with van der Waals surface area (Å²) in [5.74, 6) is -1.28. The molecule has 0 bridgehead atoms. The summed E-state index contributed by atoms with van der Waals surface area (Å²) in [6, 6.07) is 0.709. The molecule has 0 amide bonds. The van der Waals surface area contributed by atoms with E-state index in [-0.39, 0.29) is 5.69 Å². The molecule has 15 heavy (non-hydrogen) atoms. The Hall–Kier alpha value is -1.79. The standard InChI is InChI=1S/C8H7F3N2O2/c9-8(10,11)4-1-2-13-5(7(4)12)3-6(14)15/h1-2H,3,12H2,(H,14,15). The van der Waals surface area contributed by atoms with Crippen molar-refractivity contribution in [3.63, 3.8) is 0 Å². The van der Waals surface area contributed by atoms with Crippen LogP contribution in [0.3, 0.4) is 0 Å². The summed E-state index contributed by atoms with van der Waals surface area (Å²) in [6.07, 6.45) is -4.34. The maximum Gasteiger partial charge on any atom is 0.418 e. The highest BCUT2D eigenvalue weighted by Gasteiger charge is 2.34. The zero-order chi connectivity index (χ0) is 11.6. The number of halogens is 3. The molecule has 0 aliphatic carbocycles. The lowest BCUT2D eigenvalue weighted by Crippen LogP contribution is -2.13. The van der Waals surface area contributed by atoms with Gasteiger partial charge in [-0.25, -0.2) is 0 Å². The van der Waals surface area contributed by atoms with Gasteiger partial charge < -0.3 is 10.8 Å². The minimum absolute atomic E-state index is 0.280. The fraction of sp³-hybridized carbons (Fsp3) is 0.250. The number of aliphatic carboxylic acids is 1. The summed E-state index contributed by atoms with van der Waals surface area (Å²) in [6.45, 7) is 0. The molecule has 1 heterocycles. The first-order valence-electron chi connectivity index (χ1n) is 3.84. The molecule has 1 rings (SSSR count). The molecule has 0 aromatic carbocycles. The van der Waals surface area contributed by atoms with Crippen molar-refractivity contribution >= 4 is 11.7 Å². The van der Waals surface area contributed by atoms with Gasteiger partial charge in [0.15, 0.2) is 0 Å². The van der Waals surface area contributed by atoms with Gasteiger partial charge in [0, 0.05) is 6.20 Å². The number of carboxylic acid groups (broad SMARTS) is 1. The number of pyridine rings is 1. The first kappa shape index (κ1) is 11.3. The number of nitrogen functional groups attached to an aromatic ring is 1. The van der Waals surface area contributed by atoms with Crippen LogP contribution in [0.25, 0.3) is 0 Å². The largest absolute Gasteiger partial charge is 0.481 e. The van der Waals surface area contributed by atoms with Gasteiger partial charge in [-0.1, -0.05) is 0 Å². The molecule has 0 fully saturated rings. The average Bonchev–Trinajstić information content (AvgIpc) is 2.05. The molecule has 0 unspecified atom stereocenters. The number of alkyl halides is 3. The van der Waals surface area contributed by atoms with E-state index in [0.717, 1.165) is 6.20 Å². The van der Waals surface area contributed by atoms with Crippen molar-refractivity contribution in [3.8, 4) is 0 Å². The number of rotatable bonds is 2. The van der Waals surface area contributed by atoms with Crippen LogP contribution in [-0.4, -0.2) is 16.1 Å². The first-order valence-corrected chi connectivity index (χ1v) is 3.84. The number of anilines is 1. The maximum atomic E-state index is 12.3. The second kappa shape index (κ2) is 3.76. The lowest BCUT2D eigenvalue weighted by Gasteiger charge is -2.11. The second-order valence-corrected chi connectivity index (χ2v) is 2.79. The molecular weight excluding hydrogens is 213 g/mol. The van der Waals surface area contributed by atoms with Crippen LogP contribution in [-0.2, 0) is 17.4 Å². The minimum Gasteiger partial charge on any atom is -0.481 e. The monoisotopic (exact) mass is 220 g/mol. The molecule has 0 radical (unpaired) electrons. The number of nitrogens with two attached hydrogens (primary N) is 1. The molecule has 0 aliphatic rings. The predicted octanol–water partition coefficient (Wildman–Crippen LogP) is 1.31. The number of aromatic nitrogens is 1. The van der Waals surface area contributed by atoms with Crippen LogP contribution in [0, 0.1) is 0 Å². The lowest BCUT2D eigenvalue weighted by molar-refractivity contribution is -0.138. The summed E-state index contributed by atoms with van der Waals surface area (Å²) >= 11 is 0. The van der Waals surface area contributed by atoms with Gasteiger partial charge in [-0.15, -0.1) is 0 Å². The van der Waals surface area contributed by atoms with E-state index in [9.17, 15) is 18.0 Å². The second-order valence-electron chi connectivity index (χ2n) is 2.79. The van der Waals surface area contributed by atoms with Crippen LogP contribution in [0.4, 0.5) is 18.9 Å². The van der Waals surface area contributed by atoms with Crippen molar-refractivity contribution in [1.29, 1.82) is 0 Å². The Morgan fingerprint density at radius 2 is 2.13 bits per heavy atom. The Labute approximate surface area is 82.5 Å². The van der Waals surface area contributed by atoms with Gasteiger partial charge >= 0.3 is 12.1 Å². The fourth-order valence-corrected chi connectivity index (χ4v) is 1.05. The van der Waals surface area contributed by atoms with Crippen LogP contribution in [0.15, 0.2) is 12.3 Å². The SMILES string of the molecule is Nc1c(C(F)(F)F)ccnc1CC(=O)O. The Morgan fingerprint density at radius 1 is 1.53 bits per heavy atom. The molecule has 1 aromatic rings. The molecule has 0 saturated heterocycles. The molecule has 0 spiro atoms. The lowest BCUT2D eigenvalue weighted by atomic mass is 10.1. The van der Waals surface area contributed by atoms with Crippen molar-refractivity contribution in [3.05, 3.63) is 23.5 Å². The number of carbonyl (C=O) groups is 1. The molecule has 7 heteroatoms. The molecule has 1 aromatic heterocycles. The number of hydrogen-bond acceptors (Lipinski definition) is 3. The van der Waals surface area contributed by atoms with Gasteiger partial charge in [-0.3, -0.25) is 9.78 Å². The summed E-state index contributed by atoms with van der Waals surface area (Å²) in [4.78, 5) is 13.8. The van der Waals surface area contributed by atoms with E-state index < -0.39 is 29.8 Å². The molecule has 0 saturated carbocycles. The van der Waals surface area contributed by atoms with Gasteiger partial charge in [0.1, 0.15) is 0 Å². The van der Waals surface area contributed by atoms with Crippen molar-refractivity contribution in [2.24, 2.45) is 0 Å². The quantitative estimate of drug-likeness (QED) is 0.787. The van der Waals surface area contributed by atoms with Crippen LogP contribution < -0.4 is 5.73 Å². The molecule has 3 N–H and O–H groups in total. The third-order valence-electron chi connectivity index (χ3n) is 1.70. The fourth-order valence-electron chi connectivity index (χ4n) is 1.05. The van der Waals surface area contributed by atoms with Crippen molar-refractivity contribution in [1.82, 2.24) is 4.98 Å². The topological polar surface area (TPSA) is 76.2 Å². The van der Waals surface area contributed by atoms with Crippen LogP contribution >= 0.6 is 0 Å². The van der Waals surface area contributed by atoms with Gasteiger partial charge in [-0.05, 0) is 6.07 Å². The van der Waals surface area contributed by atoms with Crippen LogP contribution in [0.1, 0.15) is 11.3 Å². The van der Waals surface area contributed by atoms with Crippen molar-refractivity contribution in [2.45, 2.75) is 12.6 Å². The van der Waals surface area contributed by atoms with Crippen LogP contribution in [0.2, 0.25) is 0 Å². The highest BCUT2D eigenvalue weighted by Crippen LogP contribution is 2.34. The summed E-state index contributed by atoms with van der Waals surface area (Å²) in [5, 5.41) is 8.41. The van der Waals surface area contributed by atoms with E-state index >= 15 is 0 Å². The summed E-state index contributed by atoms with van der Waals surface area (Å²) in [5.41, 5.74) is 3.20. The Morgan fingerprint density at radius 3 is 2.60 bits per heavy atom. The van der Waals surface area contributed by atoms with Gasteiger partial charge in [-0.2, -0.15) is 13.2 Å². The Kier molecular flexibility index (Phi) is 2.83. The molecule has 82 valence electrons.